The van der Waals surface area contributed by atoms with Crippen LogP contribution in [0.2, 0.25) is 0 Å². The fourth-order valence-electron chi connectivity index (χ4n) is 5.29. The van der Waals surface area contributed by atoms with Gasteiger partial charge in [-0.25, -0.2) is 4.79 Å². The van der Waals surface area contributed by atoms with E-state index >= 15 is 0 Å². The van der Waals surface area contributed by atoms with Gasteiger partial charge in [0, 0.05) is 19.0 Å². The van der Waals surface area contributed by atoms with Crippen molar-refractivity contribution in [1.29, 1.82) is 0 Å². The lowest BCUT2D eigenvalue weighted by Crippen LogP contribution is -2.50. The van der Waals surface area contributed by atoms with Crippen LogP contribution in [-0.2, 0) is 35.1 Å². The van der Waals surface area contributed by atoms with E-state index in [1.54, 1.807) is 7.11 Å². The maximum atomic E-state index is 13.6. The Kier molecular flexibility index (Phi) is 9.79. The van der Waals surface area contributed by atoms with E-state index in [1.165, 1.54) is 19.1 Å². The third kappa shape index (κ3) is 6.71. The van der Waals surface area contributed by atoms with Gasteiger partial charge in [-0.15, -0.1) is 0 Å². The fraction of sp³-hybridized carbons (Fsp3) is 0.433. The van der Waals surface area contributed by atoms with E-state index in [9.17, 15) is 24.0 Å². The van der Waals surface area contributed by atoms with Gasteiger partial charge in [0.2, 0.25) is 23.6 Å². The molecular weight excluding hydrogens is 542 g/mol. The van der Waals surface area contributed by atoms with Crippen molar-refractivity contribution in [2.45, 2.75) is 43.7 Å². The molecule has 1 aliphatic heterocycles. The van der Waals surface area contributed by atoms with E-state index in [2.05, 4.69) is 16.0 Å². The Morgan fingerprint density at radius 3 is 2.48 bits per heavy atom. The highest BCUT2D eigenvalue weighted by Gasteiger charge is 2.32. The Morgan fingerprint density at radius 1 is 1.07 bits per heavy atom. The maximum absolute atomic E-state index is 13.6. The lowest BCUT2D eigenvalue weighted by atomic mass is 9.76. The number of benzene rings is 2. The SMILES string of the molecule is COC(=O)C1Cc2ccc(OC)c(c2)-c2cc(ccc2C2CCC2)C(N(C)C(=O)CNC(=O)CN)C(=O)NCC(=O)N1. The minimum atomic E-state index is -1.14. The molecule has 2 aliphatic rings. The smallest absolute Gasteiger partial charge is 0.328 e. The number of nitrogens with one attached hydrogen (secondary N) is 3. The zero-order valence-corrected chi connectivity index (χ0v) is 24.0. The molecule has 0 aromatic heterocycles. The number of ether oxygens (including phenoxy) is 2. The van der Waals surface area contributed by atoms with Crippen LogP contribution in [-0.4, -0.2) is 81.4 Å². The Labute approximate surface area is 244 Å². The molecular formula is C30H37N5O7. The number of likely N-dealkylation sites (N-methyl/N-ethyl adjacent to an activating group) is 1. The maximum Gasteiger partial charge on any atom is 0.328 e. The largest absolute Gasteiger partial charge is 0.496 e. The van der Waals surface area contributed by atoms with Crippen LogP contribution in [0, 0.1) is 0 Å². The number of carbonyl (C=O) groups excluding carboxylic acids is 5. The number of nitrogens with two attached hydrogens (primary N) is 1. The number of esters is 1. The highest BCUT2D eigenvalue weighted by atomic mass is 16.5. The van der Waals surface area contributed by atoms with Gasteiger partial charge in [0.1, 0.15) is 17.8 Å². The number of fused-ring (bicyclic) bond motifs is 5. The lowest BCUT2D eigenvalue weighted by molar-refractivity contribution is -0.145. The molecule has 0 spiro atoms. The van der Waals surface area contributed by atoms with Gasteiger partial charge < -0.3 is 36.1 Å². The second kappa shape index (κ2) is 13.5. The highest BCUT2D eigenvalue weighted by Crippen LogP contribution is 2.44. The Balaban J connectivity index is 1.86. The second-order valence-electron chi connectivity index (χ2n) is 10.5. The molecule has 5 N–H and O–H groups in total. The second-order valence-corrected chi connectivity index (χ2v) is 10.5. The van der Waals surface area contributed by atoms with Crippen LogP contribution in [0.15, 0.2) is 36.4 Å². The van der Waals surface area contributed by atoms with Crippen molar-refractivity contribution in [3.05, 3.63) is 53.1 Å². The fourth-order valence-corrected chi connectivity index (χ4v) is 5.29. The van der Waals surface area contributed by atoms with Crippen LogP contribution in [0.4, 0.5) is 0 Å². The summed E-state index contributed by atoms with van der Waals surface area (Å²) in [6.07, 6.45) is 3.32. The summed E-state index contributed by atoms with van der Waals surface area (Å²) in [6, 6.07) is 9.10. The van der Waals surface area contributed by atoms with Crippen molar-refractivity contribution in [3.8, 4) is 16.9 Å². The summed E-state index contributed by atoms with van der Waals surface area (Å²) in [5.74, 6) is -1.97. The molecule has 2 aromatic rings. The Morgan fingerprint density at radius 2 is 1.83 bits per heavy atom. The molecule has 0 saturated heterocycles. The standard InChI is InChI=1S/C30H37N5O7/c1-35(27(38)16-32-25(36)14-31)28-19-8-9-20(18-5-4-6-18)21(13-19)22-11-17(7-10-24(22)41-2)12-23(30(40)42-3)34-26(37)15-33-29(28)39/h7-11,13,18,23,28H,4-6,12,14-16,31H2,1-3H3,(H,32,36)(H,33,39)(H,34,37). The van der Waals surface area contributed by atoms with Gasteiger partial charge in [-0.05, 0) is 59.2 Å². The van der Waals surface area contributed by atoms with Gasteiger partial charge in [0.05, 0.1) is 33.9 Å². The first-order valence-corrected chi connectivity index (χ1v) is 13.8. The van der Waals surface area contributed by atoms with Crippen LogP contribution in [0.25, 0.3) is 11.1 Å². The lowest BCUT2D eigenvalue weighted by Gasteiger charge is -2.32. The molecule has 4 rings (SSSR count). The third-order valence-corrected chi connectivity index (χ3v) is 7.83. The summed E-state index contributed by atoms with van der Waals surface area (Å²) >= 11 is 0. The van der Waals surface area contributed by atoms with Gasteiger partial charge in [-0.3, -0.25) is 19.2 Å². The van der Waals surface area contributed by atoms with E-state index in [0.29, 0.717) is 17.2 Å². The Hall–Kier alpha value is -4.45. The molecule has 1 heterocycles. The highest BCUT2D eigenvalue weighted by molar-refractivity contribution is 5.94. The summed E-state index contributed by atoms with van der Waals surface area (Å²) in [6.45, 7) is -1.08. The molecule has 12 nitrogen and oxygen atoms in total. The van der Waals surface area contributed by atoms with E-state index in [4.69, 9.17) is 15.2 Å². The predicted molar refractivity (Wildman–Crippen MR) is 153 cm³/mol. The minimum absolute atomic E-state index is 0.163. The molecule has 2 atom stereocenters. The van der Waals surface area contributed by atoms with Gasteiger partial charge in [0.25, 0.3) is 0 Å². The zero-order chi connectivity index (χ0) is 30.4. The number of hydrogen-bond donors (Lipinski definition) is 4. The first kappa shape index (κ1) is 30.5. The minimum Gasteiger partial charge on any atom is -0.496 e. The average Bonchev–Trinajstić information content (AvgIpc) is 2.97. The topological polar surface area (TPSA) is 169 Å². The van der Waals surface area contributed by atoms with Crippen molar-refractivity contribution >= 4 is 29.6 Å². The van der Waals surface area contributed by atoms with Crippen molar-refractivity contribution in [2.24, 2.45) is 5.73 Å². The van der Waals surface area contributed by atoms with Crippen LogP contribution >= 0.6 is 0 Å². The molecule has 42 heavy (non-hydrogen) atoms. The first-order chi connectivity index (χ1) is 20.2. The molecule has 1 saturated carbocycles. The predicted octanol–water partition coefficient (Wildman–Crippen LogP) is 0.534. The molecule has 2 unspecified atom stereocenters. The van der Waals surface area contributed by atoms with Crippen molar-refractivity contribution < 1.29 is 33.4 Å². The van der Waals surface area contributed by atoms with E-state index in [1.807, 2.05) is 36.4 Å². The number of methoxy groups -OCH3 is 2. The van der Waals surface area contributed by atoms with E-state index < -0.39 is 48.2 Å². The number of nitrogens with zero attached hydrogens (tertiary/aromatic N) is 1. The summed E-state index contributed by atoms with van der Waals surface area (Å²) in [5, 5.41) is 7.67. The first-order valence-electron chi connectivity index (χ1n) is 13.8. The van der Waals surface area contributed by atoms with Crippen molar-refractivity contribution in [2.75, 3.05) is 40.9 Å². The molecule has 4 bridgehead atoms. The summed E-state index contributed by atoms with van der Waals surface area (Å²) < 4.78 is 10.7. The normalized spacial score (nSPS) is 18.9. The van der Waals surface area contributed by atoms with Crippen molar-refractivity contribution in [1.82, 2.24) is 20.9 Å². The summed E-state index contributed by atoms with van der Waals surface area (Å²) in [4.78, 5) is 65.0. The summed E-state index contributed by atoms with van der Waals surface area (Å²) in [7, 11) is 4.27. The van der Waals surface area contributed by atoms with Crippen LogP contribution in [0.5, 0.6) is 5.75 Å². The van der Waals surface area contributed by atoms with Crippen molar-refractivity contribution in [3.63, 3.8) is 0 Å². The number of hydrogen-bond acceptors (Lipinski definition) is 8. The van der Waals surface area contributed by atoms with Gasteiger partial charge in [-0.1, -0.05) is 24.6 Å². The van der Waals surface area contributed by atoms with Crippen LogP contribution in [0.1, 0.15) is 47.9 Å². The molecule has 1 aliphatic carbocycles. The van der Waals surface area contributed by atoms with Crippen LogP contribution in [0.3, 0.4) is 0 Å². The molecule has 12 heteroatoms. The molecule has 224 valence electrons. The van der Waals surface area contributed by atoms with E-state index in [0.717, 1.165) is 41.5 Å². The number of rotatable bonds is 7. The van der Waals surface area contributed by atoms with Crippen LogP contribution < -0.4 is 26.4 Å². The average molecular weight is 580 g/mol. The Bertz CT molecular complexity index is 1370. The quantitative estimate of drug-likeness (QED) is 0.345. The van der Waals surface area contributed by atoms with Gasteiger partial charge in [-0.2, -0.15) is 0 Å². The summed E-state index contributed by atoms with van der Waals surface area (Å²) in [5.41, 5.74) is 9.33. The molecule has 4 amide bonds. The number of amides is 4. The third-order valence-electron chi connectivity index (χ3n) is 7.83. The van der Waals surface area contributed by atoms with Gasteiger partial charge in [0.15, 0.2) is 0 Å². The zero-order valence-electron chi connectivity index (χ0n) is 24.0. The molecule has 2 aromatic carbocycles. The van der Waals surface area contributed by atoms with E-state index in [-0.39, 0.29) is 19.5 Å². The number of carbonyl (C=O) groups is 5. The monoisotopic (exact) mass is 579 g/mol. The van der Waals surface area contributed by atoms with Gasteiger partial charge >= 0.3 is 5.97 Å². The molecule has 0 radical (unpaired) electrons. The molecule has 1 fully saturated rings.